The van der Waals surface area contributed by atoms with E-state index in [9.17, 15) is 4.79 Å². The number of nitrogens with one attached hydrogen (secondary N) is 1. The molecule has 1 aliphatic rings. The van der Waals surface area contributed by atoms with Gasteiger partial charge in [0, 0.05) is 6.04 Å². The Labute approximate surface area is 95.3 Å². The monoisotopic (exact) mass is 219 g/mol. The number of hydrogen-bond donors (Lipinski definition) is 2. The van der Waals surface area contributed by atoms with Gasteiger partial charge in [-0.05, 0) is 38.7 Å². The third-order valence-corrected chi connectivity index (χ3v) is 3.04. The number of hydrogen-bond acceptors (Lipinski definition) is 3. The second-order valence-corrected chi connectivity index (χ2v) is 4.50. The second-order valence-electron chi connectivity index (χ2n) is 4.50. The lowest BCUT2D eigenvalue weighted by molar-refractivity contribution is 0.0935. The molecule has 1 atom stereocenters. The van der Waals surface area contributed by atoms with Crippen LogP contribution in [-0.4, -0.2) is 16.9 Å². The van der Waals surface area contributed by atoms with Gasteiger partial charge in [0.05, 0.1) is 23.1 Å². The first-order chi connectivity index (χ1) is 7.58. The maximum atomic E-state index is 12.0. The number of carbonyl (C=O) groups excluding carboxylic acids is 1. The van der Waals surface area contributed by atoms with E-state index in [2.05, 4.69) is 10.3 Å². The molecule has 0 saturated heterocycles. The average molecular weight is 219 g/mol. The molecule has 0 bridgehead atoms. The van der Waals surface area contributed by atoms with Crippen molar-refractivity contribution in [2.24, 2.45) is 5.92 Å². The number of aromatic nitrogens is 1. The van der Waals surface area contributed by atoms with Crippen LogP contribution in [-0.2, 0) is 0 Å². The minimum absolute atomic E-state index is 0.0725. The van der Waals surface area contributed by atoms with Crippen LogP contribution in [0.5, 0.6) is 0 Å². The van der Waals surface area contributed by atoms with Crippen LogP contribution < -0.4 is 11.1 Å². The lowest BCUT2D eigenvalue weighted by Gasteiger charge is -2.13. The number of nitrogen functional groups attached to an aromatic ring is 1. The highest BCUT2D eigenvalue weighted by Gasteiger charge is 2.29. The highest BCUT2D eigenvalue weighted by Crippen LogP contribution is 2.32. The Morgan fingerprint density at radius 3 is 2.94 bits per heavy atom. The third-order valence-electron chi connectivity index (χ3n) is 3.04. The van der Waals surface area contributed by atoms with Crippen molar-refractivity contribution in [3.63, 3.8) is 0 Å². The summed E-state index contributed by atoms with van der Waals surface area (Å²) in [4.78, 5) is 16.0. The van der Waals surface area contributed by atoms with Gasteiger partial charge >= 0.3 is 0 Å². The SMILES string of the molecule is Cc1ncc(N)cc1C(=O)NC(C)C1CC1. The molecule has 2 rings (SSSR count). The van der Waals surface area contributed by atoms with Gasteiger partial charge in [0.15, 0.2) is 0 Å². The van der Waals surface area contributed by atoms with Crippen LogP contribution in [0.3, 0.4) is 0 Å². The summed E-state index contributed by atoms with van der Waals surface area (Å²) in [7, 11) is 0. The summed E-state index contributed by atoms with van der Waals surface area (Å²) < 4.78 is 0. The summed E-state index contributed by atoms with van der Waals surface area (Å²) in [6, 6.07) is 1.92. The number of nitrogens with zero attached hydrogens (tertiary/aromatic N) is 1. The maximum Gasteiger partial charge on any atom is 0.253 e. The predicted octanol–water partition coefficient (Wildman–Crippen LogP) is 1.50. The zero-order chi connectivity index (χ0) is 11.7. The number of carbonyl (C=O) groups is 1. The molecule has 0 spiro atoms. The fraction of sp³-hybridized carbons (Fsp3) is 0.500. The topological polar surface area (TPSA) is 68.0 Å². The summed E-state index contributed by atoms with van der Waals surface area (Å²) in [6.07, 6.45) is 4.00. The van der Waals surface area contributed by atoms with E-state index in [-0.39, 0.29) is 11.9 Å². The normalized spacial score (nSPS) is 16.9. The molecular weight excluding hydrogens is 202 g/mol. The summed E-state index contributed by atoms with van der Waals surface area (Å²) in [5.74, 6) is 0.579. The zero-order valence-electron chi connectivity index (χ0n) is 9.66. The Morgan fingerprint density at radius 1 is 1.62 bits per heavy atom. The lowest BCUT2D eigenvalue weighted by atomic mass is 10.1. The quantitative estimate of drug-likeness (QED) is 0.809. The molecule has 1 aromatic rings. The Morgan fingerprint density at radius 2 is 2.31 bits per heavy atom. The Kier molecular flexibility index (Phi) is 2.81. The molecule has 3 N–H and O–H groups in total. The summed E-state index contributed by atoms with van der Waals surface area (Å²) in [6.45, 7) is 3.86. The fourth-order valence-corrected chi connectivity index (χ4v) is 1.78. The van der Waals surface area contributed by atoms with Gasteiger partial charge in [0.2, 0.25) is 0 Å². The van der Waals surface area contributed by atoms with Crippen molar-refractivity contribution in [1.82, 2.24) is 10.3 Å². The molecule has 1 unspecified atom stereocenters. The van der Waals surface area contributed by atoms with Crippen molar-refractivity contribution in [2.75, 3.05) is 5.73 Å². The molecular formula is C12H17N3O. The van der Waals surface area contributed by atoms with E-state index in [1.807, 2.05) is 13.8 Å². The summed E-state index contributed by atoms with van der Waals surface area (Å²) in [5.41, 5.74) is 7.44. The van der Waals surface area contributed by atoms with Crippen molar-refractivity contribution >= 4 is 11.6 Å². The lowest BCUT2D eigenvalue weighted by Crippen LogP contribution is -2.34. The number of pyridine rings is 1. The molecule has 1 amide bonds. The van der Waals surface area contributed by atoms with E-state index < -0.39 is 0 Å². The van der Waals surface area contributed by atoms with Gasteiger partial charge in [-0.25, -0.2) is 0 Å². The van der Waals surface area contributed by atoms with Crippen molar-refractivity contribution < 1.29 is 4.79 Å². The highest BCUT2D eigenvalue weighted by molar-refractivity contribution is 5.96. The van der Waals surface area contributed by atoms with Gasteiger partial charge in [-0.1, -0.05) is 0 Å². The Hall–Kier alpha value is -1.58. The van der Waals surface area contributed by atoms with E-state index >= 15 is 0 Å². The van der Waals surface area contributed by atoms with Gasteiger partial charge in [-0.2, -0.15) is 0 Å². The van der Waals surface area contributed by atoms with Crippen molar-refractivity contribution in [2.45, 2.75) is 32.7 Å². The largest absolute Gasteiger partial charge is 0.397 e. The van der Waals surface area contributed by atoms with Crippen LogP contribution in [0.2, 0.25) is 0 Å². The molecule has 86 valence electrons. The average Bonchev–Trinajstić information content (AvgIpc) is 3.04. The summed E-state index contributed by atoms with van der Waals surface area (Å²) in [5, 5.41) is 2.99. The van der Waals surface area contributed by atoms with Crippen LogP contribution in [0.25, 0.3) is 0 Å². The molecule has 1 aliphatic carbocycles. The van der Waals surface area contributed by atoms with Gasteiger partial charge in [0.1, 0.15) is 0 Å². The molecule has 16 heavy (non-hydrogen) atoms. The summed E-state index contributed by atoms with van der Waals surface area (Å²) >= 11 is 0. The van der Waals surface area contributed by atoms with Gasteiger partial charge in [-0.3, -0.25) is 9.78 Å². The Bertz CT molecular complexity index is 413. The molecule has 1 saturated carbocycles. The van der Waals surface area contributed by atoms with Crippen LogP contribution in [0.4, 0.5) is 5.69 Å². The van der Waals surface area contributed by atoms with E-state index in [0.717, 1.165) is 5.69 Å². The molecule has 0 aromatic carbocycles. The van der Waals surface area contributed by atoms with Gasteiger partial charge in [0.25, 0.3) is 5.91 Å². The third kappa shape index (κ3) is 2.32. The predicted molar refractivity (Wildman–Crippen MR) is 63.0 cm³/mol. The number of rotatable bonds is 3. The molecule has 0 radical (unpaired) electrons. The van der Waals surface area contributed by atoms with Gasteiger partial charge < -0.3 is 11.1 Å². The van der Waals surface area contributed by atoms with Crippen LogP contribution in [0.15, 0.2) is 12.3 Å². The molecule has 1 heterocycles. The maximum absolute atomic E-state index is 12.0. The molecule has 0 aliphatic heterocycles. The molecule has 4 nitrogen and oxygen atoms in total. The van der Waals surface area contributed by atoms with Crippen LogP contribution >= 0.6 is 0 Å². The van der Waals surface area contributed by atoms with Crippen molar-refractivity contribution in [3.8, 4) is 0 Å². The standard InChI is InChI=1S/C12H17N3O/c1-7(9-3-4-9)15-12(16)11-5-10(13)6-14-8(11)2/h5-7,9H,3-4,13H2,1-2H3,(H,15,16). The molecule has 4 heteroatoms. The van der Waals surface area contributed by atoms with Gasteiger partial charge in [-0.15, -0.1) is 0 Å². The number of nitrogens with two attached hydrogens (primary N) is 1. The van der Waals surface area contributed by atoms with Crippen LogP contribution in [0, 0.1) is 12.8 Å². The van der Waals surface area contributed by atoms with E-state index in [4.69, 9.17) is 5.73 Å². The number of anilines is 1. The van der Waals surface area contributed by atoms with E-state index in [1.165, 1.54) is 12.8 Å². The van der Waals surface area contributed by atoms with E-state index in [1.54, 1.807) is 12.3 Å². The minimum atomic E-state index is -0.0725. The van der Waals surface area contributed by atoms with Crippen molar-refractivity contribution in [3.05, 3.63) is 23.5 Å². The number of aryl methyl sites for hydroxylation is 1. The first-order valence-electron chi connectivity index (χ1n) is 5.61. The Balaban J connectivity index is 2.10. The minimum Gasteiger partial charge on any atom is -0.397 e. The molecule has 1 fully saturated rings. The van der Waals surface area contributed by atoms with Crippen LogP contribution in [0.1, 0.15) is 35.8 Å². The second kappa shape index (κ2) is 4.12. The molecule has 1 aromatic heterocycles. The first kappa shape index (κ1) is 10.9. The highest BCUT2D eigenvalue weighted by atomic mass is 16.1. The number of amides is 1. The zero-order valence-corrected chi connectivity index (χ0v) is 9.66. The first-order valence-corrected chi connectivity index (χ1v) is 5.61. The van der Waals surface area contributed by atoms with E-state index in [0.29, 0.717) is 17.2 Å². The van der Waals surface area contributed by atoms with Crippen molar-refractivity contribution in [1.29, 1.82) is 0 Å². The fourth-order valence-electron chi connectivity index (χ4n) is 1.78. The smallest absolute Gasteiger partial charge is 0.253 e.